The third-order valence-electron chi connectivity index (χ3n) is 7.22. The number of rotatable bonds is 9. The Morgan fingerprint density at radius 1 is 0.683 bits per heavy atom. The van der Waals surface area contributed by atoms with Gasteiger partial charge in [0.2, 0.25) is 0 Å². The number of aromatic hydroxyl groups is 1. The second-order valence-corrected chi connectivity index (χ2v) is 13.5. The molecule has 3 aromatic carbocycles. The van der Waals surface area contributed by atoms with Crippen molar-refractivity contribution in [2.75, 3.05) is 0 Å². The molecule has 0 aliphatic carbocycles. The van der Waals surface area contributed by atoms with Crippen LogP contribution < -0.4 is 9.47 Å². The minimum absolute atomic E-state index is 0.106. The van der Waals surface area contributed by atoms with Crippen molar-refractivity contribution in [3.63, 3.8) is 0 Å². The van der Waals surface area contributed by atoms with Crippen LogP contribution in [0.25, 0.3) is 0 Å². The van der Waals surface area contributed by atoms with Gasteiger partial charge in [0.25, 0.3) is 0 Å². The molecule has 222 valence electrons. The summed E-state index contributed by atoms with van der Waals surface area (Å²) in [4.78, 5) is 4.86. The number of ether oxygens (including phenoxy) is 2. The van der Waals surface area contributed by atoms with Crippen molar-refractivity contribution in [3.8, 4) is 17.2 Å². The zero-order valence-electron chi connectivity index (χ0n) is 26.7. The number of benzene rings is 3. The highest BCUT2D eigenvalue weighted by Crippen LogP contribution is 2.46. The summed E-state index contributed by atoms with van der Waals surface area (Å²) in [5.41, 5.74) is 1.98. The number of nitrogens with zero attached hydrogens (tertiary/aromatic N) is 1. The number of phenolic OH excluding ortho intramolecular Hbond substituents is 1. The number of hydrogen-bond acceptors (Lipinski definition) is 5. The topological polar surface area (TPSA) is 71.3 Å². The Labute approximate surface area is 247 Å². The van der Waals surface area contributed by atoms with Crippen molar-refractivity contribution in [3.05, 3.63) is 88.5 Å². The molecule has 0 radical (unpaired) electrons. The quantitative estimate of drug-likeness (QED) is 0.259. The van der Waals surface area contributed by atoms with Crippen molar-refractivity contribution in [2.45, 2.75) is 111 Å². The van der Waals surface area contributed by atoms with E-state index < -0.39 is 11.6 Å². The third-order valence-corrected chi connectivity index (χ3v) is 7.22. The van der Waals surface area contributed by atoms with Gasteiger partial charge in [-0.2, -0.15) is 0 Å². The van der Waals surface area contributed by atoms with Crippen LogP contribution >= 0.6 is 0 Å². The zero-order valence-corrected chi connectivity index (χ0v) is 26.7. The molecule has 0 bridgehead atoms. The van der Waals surface area contributed by atoms with Crippen LogP contribution in [-0.2, 0) is 16.4 Å². The molecule has 41 heavy (non-hydrogen) atoms. The van der Waals surface area contributed by atoms with Crippen LogP contribution in [0.2, 0.25) is 0 Å². The van der Waals surface area contributed by atoms with E-state index in [-0.39, 0.29) is 28.8 Å². The van der Waals surface area contributed by atoms with Gasteiger partial charge in [0.1, 0.15) is 22.8 Å². The molecule has 3 rings (SSSR count). The molecule has 3 aromatic rings. The van der Waals surface area contributed by atoms with Crippen molar-refractivity contribution in [1.29, 1.82) is 0 Å². The standard InChI is InChI=1S/C36H49NO4/c1-23(2)40-32-18-16-27(34(6,7)8)20-29(32)36(39,25(5)37-22-26-14-12-13-15-31(26)38)30-21-28(35(9,10)11)17-19-33(30)41-24(3)4/h12-25,38-39H,1-11H3/t25-/m0/s1. The van der Waals surface area contributed by atoms with Crippen LogP contribution in [0, 0.1) is 0 Å². The summed E-state index contributed by atoms with van der Waals surface area (Å²) >= 11 is 0. The van der Waals surface area contributed by atoms with Gasteiger partial charge in [-0.15, -0.1) is 0 Å². The van der Waals surface area contributed by atoms with Gasteiger partial charge in [-0.05, 0) is 93.0 Å². The van der Waals surface area contributed by atoms with Crippen molar-refractivity contribution in [2.24, 2.45) is 4.99 Å². The summed E-state index contributed by atoms with van der Waals surface area (Å²) in [7, 11) is 0. The Balaban J connectivity index is 2.43. The van der Waals surface area contributed by atoms with Gasteiger partial charge >= 0.3 is 0 Å². The molecule has 0 aliphatic heterocycles. The average Bonchev–Trinajstić information content (AvgIpc) is 2.86. The van der Waals surface area contributed by atoms with E-state index in [0.29, 0.717) is 28.2 Å². The molecule has 0 fully saturated rings. The normalized spacial score (nSPS) is 13.7. The fourth-order valence-corrected chi connectivity index (χ4v) is 4.79. The van der Waals surface area contributed by atoms with Crippen LogP contribution in [0.15, 0.2) is 65.7 Å². The third kappa shape index (κ3) is 7.51. The maximum absolute atomic E-state index is 13.2. The van der Waals surface area contributed by atoms with Gasteiger partial charge < -0.3 is 19.7 Å². The van der Waals surface area contributed by atoms with E-state index in [1.807, 2.05) is 65.0 Å². The highest BCUT2D eigenvalue weighted by atomic mass is 16.5. The smallest absolute Gasteiger partial charge is 0.144 e. The Bertz CT molecular complexity index is 1290. The minimum atomic E-state index is -1.64. The van der Waals surface area contributed by atoms with Crippen LogP contribution in [0.3, 0.4) is 0 Å². The molecule has 0 heterocycles. The van der Waals surface area contributed by atoms with E-state index in [0.717, 1.165) is 11.1 Å². The van der Waals surface area contributed by atoms with Crippen molar-refractivity contribution in [1.82, 2.24) is 0 Å². The first-order valence-electron chi connectivity index (χ1n) is 14.6. The van der Waals surface area contributed by atoms with Gasteiger partial charge in [0.05, 0.1) is 18.2 Å². The van der Waals surface area contributed by atoms with E-state index in [4.69, 9.17) is 14.5 Å². The molecule has 0 saturated carbocycles. The Morgan fingerprint density at radius 3 is 1.51 bits per heavy atom. The maximum atomic E-state index is 13.2. The van der Waals surface area contributed by atoms with E-state index in [1.165, 1.54) is 0 Å². The summed E-state index contributed by atoms with van der Waals surface area (Å²) in [5.74, 6) is 1.32. The van der Waals surface area contributed by atoms with Crippen LogP contribution in [0.5, 0.6) is 17.2 Å². The van der Waals surface area contributed by atoms with E-state index in [2.05, 4.69) is 53.7 Å². The number of phenols is 1. The molecule has 1 atom stereocenters. The monoisotopic (exact) mass is 559 g/mol. The lowest BCUT2D eigenvalue weighted by Gasteiger charge is -2.38. The molecule has 0 saturated heterocycles. The first-order valence-corrected chi connectivity index (χ1v) is 14.6. The zero-order chi connectivity index (χ0) is 30.8. The summed E-state index contributed by atoms with van der Waals surface area (Å²) in [5, 5.41) is 23.6. The summed E-state index contributed by atoms with van der Waals surface area (Å²) in [6.45, 7) is 22.7. The first-order chi connectivity index (χ1) is 18.9. The Hall–Kier alpha value is -3.31. The predicted molar refractivity (Wildman–Crippen MR) is 170 cm³/mol. The Morgan fingerprint density at radius 2 is 1.12 bits per heavy atom. The van der Waals surface area contributed by atoms with Gasteiger partial charge in [-0.1, -0.05) is 65.8 Å². The highest BCUT2D eigenvalue weighted by Gasteiger charge is 2.44. The summed E-state index contributed by atoms with van der Waals surface area (Å²) < 4.78 is 12.7. The Kier molecular flexibility index (Phi) is 9.65. The summed E-state index contributed by atoms with van der Waals surface area (Å²) in [6.07, 6.45) is 1.41. The van der Waals surface area contributed by atoms with Gasteiger partial charge in [0, 0.05) is 22.9 Å². The molecule has 0 spiro atoms. The van der Waals surface area contributed by atoms with Crippen molar-refractivity contribution < 1.29 is 19.7 Å². The molecule has 2 N–H and O–H groups in total. The lowest BCUT2D eigenvalue weighted by Crippen LogP contribution is -2.40. The minimum Gasteiger partial charge on any atom is -0.507 e. The van der Waals surface area contributed by atoms with Crippen LogP contribution in [0.4, 0.5) is 0 Å². The fraction of sp³-hybridized carbons (Fsp3) is 0.472. The van der Waals surface area contributed by atoms with E-state index >= 15 is 0 Å². The second kappa shape index (κ2) is 12.3. The average molecular weight is 560 g/mol. The lowest BCUT2D eigenvalue weighted by molar-refractivity contribution is 0.0497. The van der Waals surface area contributed by atoms with E-state index in [9.17, 15) is 10.2 Å². The second-order valence-electron chi connectivity index (χ2n) is 13.5. The molecule has 5 nitrogen and oxygen atoms in total. The fourth-order valence-electron chi connectivity index (χ4n) is 4.79. The molecule has 0 aromatic heterocycles. The number of hydrogen-bond donors (Lipinski definition) is 2. The lowest BCUT2D eigenvalue weighted by atomic mass is 9.75. The largest absolute Gasteiger partial charge is 0.507 e. The SMILES string of the molecule is CC(C)Oc1ccc(C(C)(C)C)cc1C(O)(c1cc(C(C)(C)C)ccc1OC(C)C)[C@H](C)N=Cc1ccccc1O. The molecule has 0 unspecified atom stereocenters. The molecule has 5 heteroatoms. The van der Waals surface area contributed by atoms with Crippen LogP contribution in [0.1, 0.15) is 104 Å². The van der Waals surface area contributed by atoms with Gasteiger partial charge in [-0.3, -0.25) is 4.99 Å². The van der Waals surface area contributed by atoms with Gasteiger partial charge in [-0.25, -0.2) is 0 Å². The number of para-hydroxylation sites is 1. The molecular formula is C36H49NO4. The number of aliphatic hydroxyl groups is 1. The van der Waals surface area contributed by atoms with Crippen molar-refractivity contribution >= 4 is 6.21 Å². The predicted octanol–water partition coefficient (Wildman–Crippen LogP) is 8.31. The first kappa shape index (κ1) is 32.2. The number of aliphatic imine (C=N–C) groups is 1. The van der Waals surface area contributed by atoms with Crippen LogP contribution in [-0.4, -0.2) is 34.7 Å². The maximum Gasteiger partial charge on any atom is 0.144 e. The van der Waals surface area contributed by atoms with E-state index in [1.54, 1.807) is 24.4 Å². The highest BCUT2D eigenvalue weighted by molar-refractivity contribution is 5.83. The molecule has 0 aliphatic rings. The molecule has 0 amide bonds. The molecular weight excluding hydrogens is 510 g/mol. The van der Waals surface area contributed by atoms with Gasteiger partial charge in [0.15, 0.2) is 0 Å². The summed E-state index contributed by atoms with van der Waals surface area (Å²) in [6, 6.07) is 18.5.